The SMILES string of the molecule is COc1ccc(C)cc1C(C#N)C(=O)CC1CCCCC1. The smallest absolute Gasteiger partial charge is 0.154 e. The summed E-state index contributed by atoms with van der Waals surface area (Å²) < 4.78 is 5.32. The standard InChI is InChI=1S/C18H23NO2/c1-13-8-9-18(21-2)15(10-13)16(12-19)17(20)11-14-6-4-3-5-7-14/h8-10,14,16H,3-7,11H2,1-2H3. The van der Waals surface area contributed by atoms with Crippen molar-refractivity contribution in [2.24, 2.45) is 5.92 Å². The number of Topliss-reactive ketones (excluding diaryl/α,β-unsaturated/α-hetero) is 1. The van der Waals surface area contributed by atoms with Crippen LogP contribution in [-0.4, -0.2) is 12.9 Å². The average Bonchev–Trinajstić information content (AvgIpc) is 2.49. The van der Waals surface area contributed by atoms with E-state index in [9.17, 15) is 10.1 Å². The van der Waals surface area contributed by atoms with E-state index >= 15 is 0 Å². The van der Waals surface area contributed by atoms with Crippen LogP contribution in [-0.2, 0) is 4.79 Å². The Hall–Kier alpha value is -1.82. The monoisotopic (exact) mass is 285 g/mol. The number of hydrogen-bond donors (Lipinski definition) is 0. The van der Waals surface area contributed by atoms with Gasteiger partial charge in [-0.1, -0.05) is 49.8 Å². The molecule has 0 aliphatic heterocycles. The third kappa shape index (κ3) is 3.85. The van der Waals surface area contributed by atoms with Crippen molar-refractivity contribution in [3.05, 3.63) is 29.3 Å². The van der Waals surface area contributed by atoms with E-state index in [4.69, 9.17) is 4.74 Å². The quantitative estimate of drug-likeness (QED) is 0.816. The summed E-state index contributed by atoms with van der Waals surface area (Å²) in [5.74, 6) is 0.414. The lowest BCUT2D eigenvalue weighted by Crippen LogP contribution is -2.18. The van der Waals surface area contributed by atoms with E-state index in [2.05, 4.69) is 6.07 Å². The maximum Gasteiger partial charge on any atom is 0.154 e. The fraction of sp³-hybridized carbons (Fsp3) is 0.556. The number of nitriles is 1. The fourth-order valence-corrected chi connectivity index (χ4v) is 3.19. The molecule has 0 amide bonds. The van der Waals surface area contributed by atoms with E-state index in [-0.39, 0.29) is 5.78 Å². The molecule has 0 heterocycles. The summed E-state index contributed by atoms with van der Waals surface area (Å²) in [7, 11) is 1.58. The van der Waals surface area contributed by atoms with Crippen molar-refractivity contribution in [3.63, 3.8) is 0 Å². The van der Waals surface area contributed by atoms with Gasteiger partial charge in [-0.2, -0.15) is 5.26 Å². The first-order valence-corrected chi connectivity index (χ1v) is 7.72. The average molecular weight is 285 g/mol. The molecule has 1 aromatic rings. The van der Waals surface area contributed by atoms with E-state index in [1.807, 2.05) is 25.1 Å². The molecule has 1 aromatic carbocycles. The summed E-state index contributed by atoms with van der Waals surface area (Å²) in [5.41, 5.74) is 1.75. The van der Waals surface area contributed by atoms with Crippen LogP contribution >= 0.6 is 0 Å². The molecule has 0 spiro atoms. The number of carbonyl (C=O) groups excluding carboxylic acids is 1. The molecule has 3 heteroatoms. The van der Waals surface area contributed by atoms with Crippen LogP contribution in [0.25, 0.3) is 0 Å². The third-order valence-electron chi connectivity index (χ3n) is 4.36. The molecule has 112 valence electrons. The van der Waals surface area contributed by atoms with E-state index in [0.29, 0.717) is 23.7 Å². The van der Waals surface area contributed by atoms with Gasteiger partial charge in [0.05, 0.1) is 13.2 Å². The van der Waals surface area contributed by atoms with Crippen LogP contribution in [0, 0.1) is 24.2 Å². The molecule has 0 radical (unpaired) electrons. The normalized spacial score (nSPS) is 17.0. The van der Waals surface area contributed by atoms with Gasteiger partial charge in [-0.25, -0.2) is 0 Å². The molecule has 0 saturated heterocycles. The van der Waals surface area contributed by atoms with E-state index < -0.39 is 5.92 Å². The first-order chi connectivity index (χ1) is 10.2. The van der Waals surface area contributed by atoms with E-state index in [0.717, 1.165) is 18.4 Å². The molecule has 0 N–H and O–H groups in total. The molecule has 2 rings (SSSR count). The first-order valence-electron chi connectivity index (χ1n) is 7.72. The summed E-state index contributed by atoms with van der Waals surface area (Å²) in [4.78, 5) is 12.5. The maximum atomic E-state index is 12.5. The summed E-state index contributed by atoms with van der Waals surface area (Å²) in [6.07, 6.45) is 6.46. The fourth-order valence-electron chi connectivity index (χ4n) is 3.19. The topological polar surface area (TPSA) is 50.1 Å². The van der Waals surface area contributed by atoms with Gasteiger partial charge in [0, 0.05) is 12.0 Å². The Morgan fingerprint density at radius 2 is 2.10 bits per heavy atom. The van der Waals surface area contributed by atoms with Crippen LogP contribution in [0.1, 0.15) is 55.6 Å². The molecule has 0 bridgehead atoms. The second kappa shape index (κ2) is 7.26. The molecule has 1 aliphatic carbocycles. The van der Waals surface area contributed by atoms with Crippen molar-refractivity contribution in [1.29, 1.82) is 5.26 Å². The van der Waals surface area contributed by atoms with Crippen molar-refractivity contribution in [2.75, 3.05) is 7.11 Å². The summed E-state index contributed by atoms with van der Waals surface area (Å²) in [5, 5.41) is 9.46. The predicted molar refractivity (Wildman–Crippen MR) is 82.3 cm³/mol. The summed E-state index contributed by atoms with van der Waals surface area (Å²) >= 11 is 0. The number of ketones is 1. The zero-order valence-corrected chi connectivity index (χ0v) is 12.9. The van der Waals surface area contributed by atoms with Gasteiger partial charge in [0.15, 0.2) is 5.78 Å². The van der Waals surface area contributed by atoms with Crippen LogP contribution in [0.3, 0.4) is 0 Å². The molecule has 21 heavy (non-hydrogen) atoms. The third-order valence-corrected chi connectivity index (χ3v) is 4.36. The maximum absolute atomic E-state index is 12.5. The van der Waals surface area contributed by atoms with Crippen molar-refractivity contribution in [1.82, 2.24) is 0 Å². The van der Waals surface area contributed by atoms with Gasteiger partial charge in [0.25, 0.3) is 0 Å². The highest BCUT2D eigenvalue weighted by Gasteiger charge is 2.27. The second-order valence-electron chi connectivity index (χ2n) is 5.98. The Morgan fingerprint density at radius 1 is 1.38 bits per heavy atom. The van der Waals surface area contributed by atoms with Gasteiger partial charge in [-0.05, 0) is 18.9 Å². The molecule has 3 nitrogen and oxygen atoms in total. The number of nitrogens with zero attached hydrogens (tertiary/aromatic N) is 1. The highest BCUT2D eigenvalue weighted by molar-refractivity contribution is 5.89. The number of methoxy groups -OCH3 is 1. The lowest BCUT2D eigenvalue weighted by atomic mass is 9.82. The Bertz CT molecular complexity index is 539. The molecular weight excluding hydrogens is 262 g/mol. The van der Waals surface area contributed by atoms with E-state index in [1.165, 1.54) is 19.3 Å². The number of rotatable bonds is 5. The zero-order chi connectivity index (χ0) is 15.2. The number of benzene rings is 1. The number of aryl methyl sites for hydroxylation is 1. The lowest BCUT2D eigenvalue weighted by Gasteiger charge is -2.22. The predicted octanol–water partition coefficient (Wildman–Crippen LogP) is 4.15. The molecule has 1 fully saturated rings. The second-order valence-corrected chi connectivity index (χ2v) is 5.98. The number of carbonyl (C=O) groups is 1. The number of hydrogen-bond acceptors (Lipinski definition) is 3. The molecular formula is C18H23NO2. The Labute approximate surface area is 126 Å². The molecule has 1 saturated carbocycles. The molecule has 1 atom stereocenters. The Balaban J connectivity index is 2.17. The van der Waals surface area contributed by atoms with Crippen molar-refractivity contribution >= 4 is 5.78 Å². The summed E-state index contributed by atoms with van der Waals surface area (Å²) in [6, 6.07) is 7.84. The minimum Gasteiger partial charge on any atom is -0.496 e. The van der Waals surface area contributed by atoms with Crippen molar-refractivity contribution in [3.8, 4) is 11.8 Å². The summed E-state index contributed by atoms with van der Waals surface area (Å²) in [6.45, 7) is 1.96. The van der Waals surface area contributed by atoms with Crippen molar-refractivity contribution in [2.45, 2.75) is 51.4 Å². The lowest BCUT2D eigenvalue weighted by molar-refractivity contribution is -0.120. The molecule has 1 aliphatic rings. The van der Waals surface area contributed by atoms with E-state index in [1.54, 1.807) is 7.11 Å². The van der Waals surface area contributed by atoms with Gasteiger partial charge in [-0.15, -0.1) is 0 Å². The highest BCUT2D eigenvalue weighted by Crippen LogP contribution is 2.32. The van der Waals surface area contributed by atoms with Gasteiger partial charge in [-0.3, -0.25) is 4.79 Å². The minimum atomic E-state index is -0.707. The van der Waals surface area contributed by atoms with Gasteiger partial charge < -0.3 is 4.74 Å². The highest BCUT2D eigenvalue weighted by atomic mass is 16.5. The van der Waals surface area contributed by atoms with Gasteiger partial charge in [0.1, 0.15) is 11.7 Å². The van der Waals surface area contributed by atoms with Gasteiger partial charge >= 0.3 is 0 Å². The van der Waals surface area contributed by atoms with Crippen LogP contribution in [0.15, 0.2) is 18.2 Å². The van der Waals surface area contributed by atoms with Crippen LogP contribution in [0.2, 0.25) is 0 Å². The number of ether oxygens (including phenoxy) is 1. The molecule has 1 unspecified atom stereocenters. The Morgan fingerprint density at radius 3 is 2.71 bits per heavy atom. The Kier molecular flexibility index (Phi) is 5.38. The molecule has 0 aromatic heterocycles. The minimum absolute atomic E-state index is 0.0355. The largest absolute Gasteiger partial charge is 0.496 e. The van der Waals surface area contributed by atoms with Crippen molar-refractivity contribution < 1.29 is 9.53 Å². The van der Waals surface area contributed by atoms with Crippen LogP contribution < -0.4 is 4.74 Å². The van der Waals surface area contributed by atoms with Gasteiger partial charge in [0.2, 0.25) is 0 Å². The first kappa shape index (κ1) is 15.6. The van der Waals surface area contributed by atoms with Crippen LogP contribution in [0.5, 0.6) is 5.75 Å². The zero-order valence-electron chi connectivity index (χ0n) is 12.9. The van der Waals surface area contributed by atoms with Crippen LogP contribution in [0.4, 0.5) is 0 Å².